The summed E-state index contributed by atoms with van der Waals surface area (Å²) in [6, 6.07) is 18.2. The number of hydrogen-bond acceptors (Lipinski definition) is 3. The molecular formula is C22H22N4OS. The Balaban J connectivity index is 1.82. The van der Waals surface area contributed by atoms with E-state index in [2.05, 4.69) is 43.0 Å². The van der Waals surface area contributed by atoms with Crippen LogP contribution in [-0.4, -0.2) is 19.6 Å². The van der Waals surface area contributed by atoms with Crippen LogP contribution in [-0.2, 0) is 11.8 Å². The third kappa shape index (κ3) is 3.43. The normalized spacial score (nSPS) is 11.8. The molecule has 0 radical (unpaired) electrons. The summed E-state index contributed by atoms with van der Waals surface area (Å²) in [5.74, 6) is 0.652. The molecule has 5 nitrogen and oxygen atoms in total. The zero-order chi connectivity index (χ0) is 19.9. The van der Waals surface area contributed by atoms with Gasteiger partial charge in [0, 0.05) is 12.0 Å². The number of fused-ring (bicyclic) bond motifs is 1. The molecule has 0 amide bonds. The predicted molar refractivity (Wildman–Crippen MR) is 114 cm³/mol. The summed E-state index contributed by atoms with van der Waals surface area (Å²) >= 11 is 5.46. The number of aromatic nitrogens is 4. The second-order valence-corrected chi connectivity index (χ2v) is 8.35. The highest BCUT2D eigenvalue weighted by atomic mass is 32.1. The van der Waals surface area contributed by atoms with Crippen molar-refractivity contribution in [3.05, 3.63) is 86.4 Å². The number of nitrogens with one attached hydrogen (secondary N) is 2. The zero-order valence-electron chi connectivity index (χ0n) is 16.1. The number of H-pyrrole nitrogens is 2. The minimum absolute atomic E-state index is 0.0829. The van der Waals surface area contributed by atoms with E-state index in [1.807, 2.05) is 42.5 Å². The van der Waals surface area contributed by atoms with Crippen LogP contribution in [0.1, 0.15) is 37.5 Å². The van der Waals surface area contributed by atoms with Crippen LogP contribution in [0.3, 0.4) is 0 Å². The van der Waals surface area contributed by atoms with Crippen molar-refractivity contribution in [2.45, 2.75) is 32.6 Å². The lowest BCUT2D eigenvalue weighted by Crippen LogP contribution is -2.10. The summed E-state index contributed by atoms with van der Waals surface area (Å²) in [5, 5.41) is 2.79. The summed E-state index contributed by atoms with van der Waals surface area (Å²) in [6.07, 6.45) is 0.501. The van der Waals surface area contributed by atoms with E-state index in [4.69, 9.17) is 17.2 Å². The lowest BCUT2D eigenvalue weighted by Gasteiger charge is -2.19. The summed E-state index contributed by atoms with van der Waals surface area (Å²) in [7, 11) is 0. The third-order valence-electron chi connectivity index (χ3n) is 4.86. The largest absolute Gasteiger partial charge is 0.315 e. The molecule has 0 spiro atoms. The van der Waals surface area contributed by atoms with Gasteiger partial charge in [-0.25, -0.2) is 9.50 Å². The van der Waals surface area contributed by atoms with Crippen LogP contribution in [0.5, 0.6) is 0 Å². The molecule has 0 aliphatic rings. The lowest BCUT2D eigenvalue weighted by atomic mass is 9.87. The van der Waals surface area contributed by atoms with Crippen LogP contribution < -0.4 is 5.56 Å². The second-order valence-electron chi connectivity index (χ2n) is 7.96. The Morgan fingerprint density at radius 2 is 1.71 bits per heavy atom. The Morgan fingerprint density at radius 3 is 2.36 bits per heavy atom. The Kier molecular flexibility index (Phi) is 4.51. The minimum atomic E-state index is -0.170. The van der Waals surface area contributed by atoms with Gasteiger partial charge in [-0.3, -0.25) is 9.89 Å². The van der Waals surface area contributed by atoms with E-state index < -0.39 is 0 Å². The van der Waals surface area contributed by atoms with Gasteiger partial charge in [0.15, 0.2) is 10.4 Å². The van der Waals surface area contributed by atoms with Crippen LogP contribution in [0, 0.1) is 4.77 Å². The molecule has 0 aliphatic carbocycles. The molecule has 6 heteroatoms. The summed E-state index contributed by atoms with van der Waals surface area (Å²) in [5.41, 5.74) is 4.32. The Labute approximate surface area is 168 Å². The molecule has 0 unspecified atom stereocenters. The summed E-state index contributed by atoms with van der Waals surface area (Å²) < 4.78 is 1.96. The molecular weight excluding hydrogens is 368 g/mol. The molecule has 0 atom stereocenters. The second kappa shape index (κ2) is 6.87. The molecule has 0 bridgehead atoms. The molecule has 2 N–H and O–H groups in total. The van der Waals surface area contributed by atoms with Gasteiger partial charge in [0.25, 0.3) is 5.56 Å². The number of benzene rings is 2. The highest BCUT2D eigenvalue weighted by Gasteiger charge is 2.16. The lowest BCUT2D eigenvalue weighted by molar-refractivity contribution is 0.590. The zero-order valence-corrected chi connectivity index (χ0v) is 16.9. The van der Waals surface area contributed by atoms with E-state index >= 15 is 0 Å². The molecule has 0 saturated carbocycles. The summed E-state index contributed by atoms with van der Waals surface area (Å²) in [4.78, 5) is 20.4. The van der Waals surface area contributed by atoms with Crippen molar-refractivity contribution in [3.63, 3.8) is 0 Å². The maximum absolute atomic E-state index is 12.5. The topological polar surface area (TPSA) is 65.9 Å². The minimum Gasteiger partial charge on any atom is -0.315 e. The molecule has 4 aromatic rings. The molecule has 0 aliphatic heterocycles. The van der Waals surface area contributed by atoms with Crippen molar-refractivity contribution in [3.8, 4) is 11.4 Å². The first-order valence-corrected chi connectivity index (χ1v) is 9.62. The Bertz CT molecular complexity index is 1240. The van der Waals surface area contributed by atoms with Gasteiger partial charge in [-0.05, 0) is 28.8 Å². The van der Waals surface area contributed by atoms with Gasteiger partial charge in [0.05, 0.1) is 5.56 Å². The van der Waals surface area contributed by atoms with Crippen molar-refractivity contribution < 1.29 is 0 Å². The average molecular weight is 391 g/mol. The standard InChI is InChI=1S/C22H22N4OS/c1-22(2,3)16-11-9-15(10-12-16)18-23-19-17(13-14-7-5-4-6-8-14)20(27)25-26(19)21(28)24-18/h4-12H,13H2,1-3H3,(H,25,27)(H,23,24,28). The smallest absolute Gasteiger partial charge is 0.270 e. The maximum Gasteiger partial charge on any atom is 0.270 e. The highest BCUT2D eigenvalue weighted by molar-refractivity contribution is 7.71. The van der Waals surface area contributed by atoms with Gasteiger partial charge in [-0.2, -0.15) is 0 Å². The Hall–Kier alpha value is -2.99. The average Bonchev–Trinajstić information content (AvgIpc) is 2.98. The Morgan fingerprint density at radius 1 is 1.04 bits per heavy atom. The molecule has 142 valence electrons. The molecule has 2 heterocycles. The molecule has 2 aromatic carbocycles. The fourth-order valence-corrected chi connectivity index (χ4v) is 3.47. The highest BCUT2D eigenvalue weighted by Crippen LogP contribution is 2.25. The van der Waals surface area contributed by atoms with Gasteiger partial charge in [-0.15, -0.1) is 0 Å². The van der Waals surface area contributed by atoms with Gasteiger partial charge in [0.1, 0.15) is 5.82 Å². The fourth-order valence-electron chi connectivity index (χ4n) is 3.24. The number of hydrogen-bond donors (Lipinski definition) is 2. The molecule has 0 saturated heterocycles. The number of aromatic amines is 2. The molecule has 2 aromatic heterocycles. The number of nitrogens with zero attached hydrogens (tertiary/aromatic N) is 2. The molecule has 28 heavy (non-hydrogen) atoms. The van der Waals surface area contributed by atoms with Crippen LogP contribution in [0.15, 0.2) is 59.4 Å². The third-order valence-corrected chi connectivity index (χ3v) is 5.15. The molecule has 0 fully saturated rings. The van der Waals surface area contributed by atoms with Crippen LogP contribution in [0.2, 0.25) is 0 Å². The van der Waals surface area contributed by atoms with E-state index in [-0.39, 0.29) is 11.0 Å². The van der Waals surface area contributed by atoms with Crippen molar-refractivity contribution in [2.24, 2.45) is 0 Å². The van der Waals surface area contributed by atoms with Crippen molar-refractivity contribution >= 4 is 17.9 Å². The van der Waals surface area contributed by atoms with E-state index in [0.29, 0.717) is 28.2 Å². The maximum atomic E-state index is 12.5. The van der Waals surface area contributed by atoms with E-state index in [1.54, 1.807) is 4.52 Å². The summed E-state index contributed by atoms with van der Waals surface area (Å²) in [6.45, 7) is 6.55. The van der Waals surface area contributed by atoms with Crippen LogP contribution in [0.4, 0.5) is 0 Å². The first-order valence-electron chi connectivity index (χ1n) is 9.22. The van der Waals surface area contributed by atoms with Gasteiger partial charge < -0.3 is 4.98 Å². The van der Waals surface area contributed by atoms with E-state index in [0.717, 1.165) is 11.1 Å². The van der Waals surface area contributed by atoms with Gasteiger partial charge in [0.2, 0.25) is 0 Å². The predicted octanol–water partition coefficient (Wildman–Crippen LogP) is 4.64. The SMILES string of the molecule is CC(C)(C)c1ccc(-c2nc3c(Cc4ccccc4)c(=O)[nH]n3c(=S)[nH]2)cc1. The van der Waals surface area contributed by atoms with Gasteiger partial charge >= 0.3 is 0 Å². The van der Waals surface area contributed by atoms with Crippen LogP contribution >= 0.6 is 12.2 Å². The van der Waals surface area contributed by atoms with Crippen LogP contribution in [0.25, 0.3) is 17.0 Å². The van der Waals surface area contributed by atoms with Crippen molar-refractivity contribution in [1.82, 2.24) is 19.6 Å². The fraction of sp³-hybridized carbons (Fsp3) is 0.227. The number of rotatable bonds is 3. The quantitative estimate of drug-likeness (QED) is 0.501. The first kappa shape index (κ1) is 18.4. The monoisotopic (exact) mass is 390 g/mol. The van der Waals surface area contributed by atoms with Crippen molar-refractivity contribution in [2.75, 3.05) is 0 Å². The first-order chi connectivity index (χ1) is 13.3. The van der Waals surface area contributed by atoms with Gasteiger partial charge in [-0.1, -0.05) is 75.4 Å². The van der Waals surface area contributed by atoms with Crippen molar-refractivity contribution in [1.29, 1.82) is 0 Å². The van der Waals surface area contributed by atoms with E-state index in [1.165, 1.54) is 5.56 Å². The molecule has 4 rings (SSSR count). The van der Waals surface area contributed by atoms with E-state index in [9.17, 15) is 4.79 Å².